The summed E-state index contributed by atoms with van der Waals surface area (Å²) in [6.45, 7) is 2.55. The number of benzene rings is 1. The quantitative estimate of drug-likeness (QED) is 0.588. The van der Waals surface area contributed by atoms with Gasteiger partial charge in [0.05, 0.1) is 18.6 Å². The molecule has 0 fully saturated rings. The third-order valence-corrected chi connectivity index (χ3v) is 4.77. The first kappa shape index (κ1) is 14.5. The summed E-state index contributed by atoms with van der Waals surface area (Å²) in [6.07, 6.45) is 0.724. The van der Waals surface area contributed by atoms with Crippen molar-refractivity contribution >= 4 is 22.7 Å². The van der Waals surface area contributed by atoms with Gasteiger partial charge < -0.3 is 14.3 Å². The lowest BCUT2D eigenvalue weighted by Crippen LogP contribution is -2.04. The zero-order valence-corrected chi connectivity index (χ0v) is 13.5. The monoisotopic (exact) mass is 328 g/mol. The van der Waals surface area contributed by atoms with Crippen molar-refractivity contribution in [3.63, 3.8) is 0 Å². The van der Waals surface area contributed by atoms with Gasteiger partial charge in [-0.1, -0.05) is 12.1 Å². The average Bonchev–Trinajstić information content (AvgIpc) is 2.83. The number of hydrogen-bond acceptors (Lipinski definition) is 6. The average molecular weight is 328 g/mol. The second kappa shape index (κ2) is 5.86. The largest absolute Gasteiger partial charge is 0.488 e. The van der Waals surface area contributed by atoms with Crippen molar-refractivity contribution in [2.24, 2.45) is 0 Å². The summed E-state index contributed by atoms with van der Waals surface area (Å²) in [5.41, 5.74) is 2.64. The minimum absolute atomic E-state index is 0.120. The molecule has 23 heavy (non-hydrogen) atoms. The summed E-state index contributed by atoms with van der Waals surface area (Å²) < 4.78 is 12.0. The van der Waals surface area contributed by atoms with E-state index in [-0.39, 0.29) is 6.61 Å². The Morgan fingerprint density at radius 3 is 3.00 bits per heavy atom. The predicted molar refractivity (Wildman–Crippen MR) is 89.0 cm³/mol. The molecule has 0 aliphatic carbocycles. The Morgan fingerprint density at radius 2 is 2.13 bits per heavy atom. The first-order chi connectivity index (χ1) is 11.3. The van der Waals surface area contributed by atoms with Crippen LogP contribution >= 0.6 is 11.8 Å². The Balaban J connectivity index is 1.95. The van der Waals surface area contributed by atoms with E-state index < -0.39 is 0 Å². The van der Waals surface area contributed by atoms with Gasteiger partial charge in [-0.05, 0) is 19.1 Å². The molecule has 0 amide bonds. The molecule has 1 N–H and O–H groups in total. The van der Waals surface area contributed by atoms with Gasteiger partial charge in [0.15, 0.2) is 11.5 Å². The van der Waals surface area contributed by atoms with E-state index in [0.29, 0.717) is 23.9 Å². The highest BCUT2D eigenvalue weighted by molar-refractivity contribution is 7.99. The molecule has 118 valence electrons. The zero-order chi connectivity index (χ0) is 15.8. The van der Waals surface area contributed by atoms with Crippen molar-refractivity contribution in [2.45, 2.75) is 18.4 Å². The SMILES string of the molecule is Cc1nc(SCCO)c2c(n1)-c1oc3ccccc3c1OCC2. The van der Waals surface area contributed by atoms with Crippen LogP contribution in [0.4, 0.5) is 0 Å². The number of para-hydroxylation sites is 1. The van der Waals surface area contributed by atoms with Crippen molar-refractivity contribution in [3.05, 3.63) is 35.7 Å². The van der Waals surface area contributed by atoms with Gasteiger partial charge in [-0.15, -0.1) is 11.8 Å². The smallest absolute Gasteiger partial charge is 0.196 e. The van der Waals surface area contributed by atoms with E-state index in [0.717, 1.165) is 39.4 Å². The first-order valence-electron chi connectivity index (χ1n) is 7.54. The van der Waals surface area contributed by atoms with Gasteiger partial charge in [-0.25, -0.2) is 9.97 Å². The van der Waals surface area contributed by atoms with Gasteiger partial charge in [-0.2, -0.15) is 0 Å². The minimum atomic E-state index is 0.120. The molecule has 5 nitrogen and oxygen atoms in total. The molecule has 1 aromatic carbocycles. The number of ether oxygens (including phenoxy) is 1. The second-order valence-electron chi connectivity index (χ2n) is 5.33. The standard InChI is InChI=1S/C17H16N2O3S/c1-10-18-14-12(17(19-10)23-9-7-20)6-8-21-15-11-4-2-3-5-13(11)22-16(14)15/h2-5,20H,6-9H2,1H3. The normalized spacial score (nSPS) is 13.3. The van der Waals surface area contributed by atoms with Gasteiger partial charge >= 0.3 is 0 Å². The van der Waals surface area contributed by atoms with Crippen LogP contribution in [-0.2, 0) is 6.42 Å². The summed E-state index contributed by atoms with van der Waals surface area (Å²) in [5, 5.41) is 11.0. The number of aryl methyl sites for hydroxylation is 1. The van der Waals surface area contributed by atoms with Gasteiger partial charge in [0, 0.05) is 17.7 Å². The van der Waals surface area contributed by atoms with E-state index in [4.69, 9.17) is 14.3 Å². The maximum absolute atomic E-state index is 9.10. The van der Waals surface area contributed by atoms with Crippen LogP contribution < -0.4 is 4.74 Å². The fourth-order valence-electron chi connectivity index (χ4n) is 2.82. The molecule has 6 heteroatoms. The molecular formula is C17H16N2O3S. The van der Waals surface area contributed by atoms with Crippen LogP contribution in [0.3, 0.4) is 0 Å². The first-order valence-corrected chi connectivity index (χ1v) is 8.52. The van der Waals surface area contributed by atoms with E-state index >= 15 is 0 Å². The topological polar surface area (TPSA) is 68.4 Å². The van der Waals surface area contributed by atoms with Crippen LogP contribution in [0.1, 0.15) is 11.4 Å². The van der Waals surface area contributed by atoms with Gasteiger partial charge in [-0.3, -0.25) is 0 Å². The van der Waals surface area contributed by atoms with Crippen molar-refractivity contribution in [1.82, 2.24) is 9.97 Å². The molecule has 1 aliphatic heterocycles. The van der Waals surface area contributed by atoms with Gasteiger partial charge in [0.1, 0.15) is 22.1 Å². The molecular weight excluding hydrogens is 312 g/mol. The fraction of sp³-hybridized carbons (Fsp3) is 0.294. The highest BCUT2D eigenvalue weighted by atomic mass is 32.2. The summed E-state index contributed by atoms with van der Waals surface area (Å²) in [4.78, 5) is 9.15. The number of nitrogens with zero attached hydrogens (tertiary/aromatic N) is 2. The Hall–Kier alpha value is -2.05. The molecule has 3 heterocycles. The van der Waals surface area contributed by atoms with Crippen LogP contribution in [-0.4, -0.2) is 34.0 Å². The zero-order valence-electron chi connectivity index (χ0n) is 12.7. The number of rotatable bonds is 3. The molecule has 4 rings (SSSR count). The van der Waals surface area contributed by atoms with Crippen LogP contribution in [0.25, 0.3) is 22.4 Å². The van der Waals surface area contributed by atoms with Gasteiger partial charge in [0.25, 0.3) is 0 Å². The summed E-state index contributed by atoms with van der Waals surface area (Å²) in [5.74, 6) is 2.74. The summed E-state index contributed by atoms with van der Waals surface area (Å²) in [7, 11) is 0. The number of aromatic nitrogens is 2. The Bertz CT molecular complexity index is 876. The summed E-state index contributed by atoms with van der Waals surface area (Å²) >= 11 is 1.54. The second-order valence-corrected chi connectivity index (χ2v) is 6.41. The van der Waals surface area contributed by atoms with E-state index in [1.165, 1.54) is 0 Å². The van der Waals surface area contributed by atoms with E-state index in [1.807, 2.05) is 31.2 Å². The lowest BCUT2D eigenvalue weighted by molar-refractivity contribution is 0.322. The fourth-order valence-corrected chi connectivity index (χ4v) is 3.68. The molecule has 0 radical (unpaired) electrons. The Morgan fingerprint density at radius 1 is 1.26 bits per heavy atom. The molecule has 0 atom stereocenters. The number of furan rings is 1. The lowest BCUT2D eigenvalue weighted by Gasteiger charge is -2.10. The van der Waals surface area contributed by atoms with Crippen molar-refractivity contribution < 1.29 is 14.3 Å². The third-order valence-electron chi connectivity index (χ3n) is 3.77. The number of aliphatic hydroxyl groups excluding tert-OH is 1. The minimum Gasteiger partial charge on any atom is -0.488 e. The molecule has 0 saturated heterocycles. The van der Waals surface area contributed by atoms with E-state index in [1.54, 1.807) is 11.8 Å². The van der Waals surface area contributed by atoms with Crippen LogP contribution in [0.15, 0.2) is 33.7 Å². The Labute approximate surface area is 137 Å². The molecule has 0 spiro atoms. The van der Waals surface area contributed by atoms with Crippen LogP contribution in [0.5, 0.6) is 5.75 Å². The number of aliphatic hydroxyl groups is 1. The highest BCUT2D eigenvalue weighted by Gasteiger charge is 2.26. The number of fused-ring (bicyclic) bond motifs is 5. The Kier molecular flexibility index (Phi) is 3.71. The molecule has 3 aromatic rings. The maximum Gasteiger partial charge on any atom is 0.196 e. The maximum atomic E-state index is 9.10. The van der Waals surface area contributed by atoms with Gasteiger partial charge in [0.2, 0.25) is 0 Å². The van der Waals surface area contributed by atoms with E-state index in [2.05, 4.69) is 9.97 Å². The summed E-state index contributed by atoms with van der Waals surface area (Å²) in [6, 6.07) is 7.85. The van der Waals surface area contributed by atoms with E-state index in [9.17, 15) is 0 Å². The highest BCUT2D eigenvalue weighted by Crippen LogP contribution is 2.43. The lowest BCUT2D eigenvalue weighted by atomic mass is 10.1. The van der Waals surface area contributed by atoms with Crippen molar-refractivity contribution in [3.8, 4) is 17.2 Å². The molecule has 0 bridgehead atoms. The van der Waals surface area contributed by atoms with Crippen LogP contribution in [0, 0.1) is 6.92 Å². The van der Waals surface area contributed by atoms with Crippen molar-refractivity contribution in [1.29, 1.82) is 0 Å². The molecule has 0 unspecified atom stereocenters. The molecule has 0 saturated carbocycles. The molecule has 2 aromatic heterocycles. The van der Waals surface area contributed by atoms with Crippen LogP contribution in [0.2, 0.25) is 0 Å². The predicted octanol–water partition coefficient (Wildman–Crippen LogP) is 3.22. The number of thioether (sulfide) groups is 1. The number of hydrogen-bond donors (Lipinski definition) is 1. The molecule has 1 aliphatic rings. The third kappa shape index (κ3) is 2.48. The van der Waals surface area contributed by atoms with Crippen molar-refractivity contribution in [2.75, 3.05) is 19.0 Å².